The number of aromatic nitrogens is 1. The molecule has 0 spiro atoms. The number of methoxy groups -OCH3 is 1. The molecule has 2 amide bonds. The Kier molecular flexibility index (Phi) is 6.86. The number of hydrogen-bond acceptors (Lipinski definition) is 4. The van der Waals surface area contributed by atoms with Crippen molar-refractivity contribution in [1.29, 1.82) is 0 Å². The molecule has 0 bridgehead atoms. The van der Waals surface area contributed by atoms with Crippen LogP contribution in [0.4, 0.5) is 0 Å². The normalized spacial score (nSPS) is 19.8. The summed E-state index contributed by atoms with van der Waals surface area (Å²) in [6.45, 7) is 4.67. The maximum Gasteiger partial charge on any atom is 0.226 e. The molecular formula is C23H29N3O3. The molecule has 6 nitrogen and oxygen atoms in total. The van der Waals surface area contributed by atoms with Crippen molar-refractivity contribution >= 4 is 11.8 Å². The van der Waals surface area contributed by atoms with Gasteiger partial charge in [-0.1, -0.05) is 31.5 Å². The smallest absolute Gasteiger partial charge is 0.226 e. The van der Waals surface area contributed by atoms with Crippen LogP contribution in [0.2, 0.25) is 0 Å². The van der Waals surface area contributed by atoms with E-state index in [1.807, 2.05) is 54.3 Å². The Labute approximate surface area is 172 Å². The summed E-state index contributed by atoms with van der Waals surface area (Å²) in [5, 5.41) is 3.05. The zero-order chi connectivity index (χ0) is 20.8. The Morgan fingerprint density at radius 3 is 2.66 bits per heavy atom. The summed E-state index contributed by atoms with van der Waals surface area (Å²) in [6, 6.07) is 12.8. The van der Waals surface area contributed by atoms with E-state index >= 15 is 0 Å². The molecule has 29 heavy (non-hydrogen) atoms. The summed E-state index contributed by atoms with van der Waals surface area (Å²) in [5.74, 6) is 0.239. The molecule has 1 aliphatic rings. The molecule has 1 aliphatic heterocycles. The average Bonchev–Trinajstić information content (AvgIpc) is 3.09. The molecule has 0 aliphatic carbocycles. The van der Waals surface area contributed by atoms with Crippen LogP contribution in [0, 0.1) is 5.92 Å². The van der Waals surface area contributed by atoms with Crippen LogP contribution in [0.3, 0.4) is 0 Å². The number of nitrogens with one attached hydrogen (secondary N) is 1. The zero-order valence-electron chi connectivity index (χ0n) is 17.3. The minimum absolute atomic E-state index is 0.0323. The largest absolute Gasteiger partial charge is 0.497 e. The standard InChI is InChI=1S/C23H29N3O3/c1-4-5-14-26-21(27)15-19(22(26)17-9-11-18(29-3)12-10-17)23(28)25-16(2)20-8-6-7-13-24-20/h6-13,16,19,22H,4-5,14-15H2,1-3H3,(H,25,28)/t16-,19-,22+/m0/s1. The van der Waals surface area contributed by atoms with Crippen molar-refractivity contribution in [3.63, 3.8) is 0 Å². The number of rotatable bonds is 8. The topological polar surface area (TPSA) is 71.5 Å². The first-order valence-electron chi connectivity index (χ1n) is 10.2. The maximum absolute atomic E-state index is 13.2. The van der Waals surface area contributed by atoms with Crippen LogP contribution in [-0.4, -0.2) is 35.4 Å². The van der Waals surface area contributed by atoms with Gasteiger partial charge in [0.2, 0.25) is 11.8 Å². The summed E-state index contributed by atoms with van der Waals surface area (Å²) in [6.07, 6.45) is 3.84. The van der Waals surface area contributed by atoms with Gasteiger partial charge in [-0.25, -0.2) is 0 Å². The quantitative estimate of drug-likeness (QED) is 0.740. The summed E-state index contributed by atoms with van der Waals surface area (Å²) in [4.78, 5) is 32.1. The molecule has 1 fully saturated rings. The van der Waals surface area contributed by atoms with Crippen molar-refractivity contribution in [2.75, 3.05) is 13.7 Å². The highest BCUT2D eigenvalue weighted by atomic mass is 16.5. The Morgan fingerprint density at radius 1 is 1.28 bits per heavy atom. The van der Waals surface area contributed by atoms with Crippen LogP contribution < -0.4 is 10.1 Å². The van der Waals surface area contributed by atoms with Crippen molar-refractivity contribution in [2.24, 2.45) is 5.92 Å². The number of hydrogen-bond donors (Lipinski definition) is 1. The third-order valence-electron chi connectivity index (χ3n) is 5.47. The molecular weight excluding hydrogens is 366 g/mol. The van der Waals surface area contributed by atoms with Crippen LogP contribution in [0.15, 0.2) is 48.7 Å². The second-order valence-electron chi connectivity index (χ2n) is 7.45. The van der Waals surface area contributed by atoms with E-state index in [0.29, 0.717) is 6.54 Å². The second-order valence-corrected chi connectivity index (χ2v) is 7.45. The van der Waals surface area contributed by atoms with Crippen molar-refractivity contribution in [3.8, 4) is 5.75 Å². The Morgan fingerprint density at radius 2 is 2.03 bits per heavy atom. The number of carbonyl (C=O) groups excluding carboxylic acids is 2. The average molecular weight is 396 g/mol. The summed E-state index contributed by atoms with van der Waals surface area (Å²) >= 11 is 0. The van der Waals surface area contributed by atoms with Gasteiger partial charge in [-0.15, -0.1) is 0 Å². The Balaban J connectivity index is 1.83. The third kappa shape index (κ3) is 4.75. The molecule has 3 rings (SSSR count). The molecule has 2 aromatic rings. The van der Waals surface area contributed by atoms with E-state index in [4.69, 9.17) is 4.74 Å². The summed E-state index contributed by atoms with van der Waals surface area (Å²) in [7, 11) is 1.62. The lowest BCUT2D eigenvalue weighted by atomic mass is 9.92. The molecule has 0 unspecified atom stereocenters. The van der Waals surface area contributed by atoms with E-state index in [-0.39, 0.29) is 30.3 Å². The molecule has 1 aromatic heterocycles. The number of ether oxygens (including phenoxy) is 1. The Bertz CT molecular complexity index is 823. The van der Waals surface area contributed by atoms with Crippen LogP contribution in [0.1, 0.15) is 56.5 Å². The number of unbranched alkanes of at least 4 members (excludes halogenated alkanes) is 1. The fourth-order valence-corrected chi connectivity index (χ4v) is 3.86. The van der Waals surface area contributed by atoms with Gasteiger partial charge in [0.05, 0.1) is 30.8 Å². The highest BCUT2D eigenvalue weighted by molar-refractivity contribution is 5.90. The number of pyridine rings is 1. The van der Waals surface area contributed by atoms with Crippen molar-refractivity contribution in [1.82, 2.24) is 15.2 Å². The highest BCUT2D eigenvalue weighted by Crippen LogP contribution is 2.39. The van der Waals surface area contributed by atoms with Gasteiger partial charge >= 0.3 is 0 Å². The predicted octanol–water partition coefficient (Wildman–Crippen LogP) is 3.66. The SMILES string of the molecule is CCCCN1C(=O)C[C@H](C(=O)N[C@@H](C)c2ccccn2)[C@H]1c1ccc(OC)cc1. The van der Waals surface area contributed by atoms with Crippen LogP contribution in [-0.2, 0) is 9.59 Å². The molecule has 2 heterocycles. The second kappa shape index (κ2) is 9.54. The summed E-state index contributed by atoms with van der Waals surface area (Å²) < 4.78 is 5.25. The van der Waals surface area contributed by atoms with Crippen LogP contribution in [0.5, 0.6) is 5.75 Å². The number of likely N-dealkylation sites (tertiary alicyclic amines) is 1. The van der Waals surface area contributed by atoms with E-state index in [1.165, 1.54) is 0 Å². The molecule has 154 valence electrons. The molecule has 1 aromatic carbocycles. The molecule has 3 atom stereocenters. The van der Waals surface area contributed by atoms with E-state index in [0.717, 1.165) is 29.8 Å². The summed E-state index contributed by atoms with van der Waals surface area (Å²) in [5.41, 5.74) is 1.76. The van der Waals surface area contributed by atoms with Crippen molar-refractivity contribution in [2.45, 2.75) is 45.2 Å². The molecule has 1 saturated heterocycles. The Hall–Kier alpha value is -2.89. The first-order chi connectivity index (χ1) is 14.0. The number of nitrogens with zero attached hydrogens (tertiary/aromatic N) is 2. The highest BCUT2D eigenvalue weighted by Gasteiger charge is 2.44. The minimum Gasteiger partial charge on any atom is -0.497 e. The third-order valence-corrected chi connectivity index (χ3v) is 5.47. The van der Waals surface area contributed by atoms with E-state index in [9.17, 15) is 9.59 Å². The molecule has 6 heteroatoms. The molecule has 0 radical (unpaired) electrons. The van der Waals surface area contributed by atoms with Crippen molar-refractivity contribution < 1.29 is 14.3 Å². The fraction of sp³-hybridized carbons (Fsp3) is 0.435. The van der Waals surface area contributed by atoms with Gasteiger partial charge in [0.1, 0.15) is 5.75 Å². The van der Waals surface area contributed by atoms with Crippen LogP contribution >= 0.6 is 0 Å². The van der Waals surface area contributed by atoms with Crippen molar-refractivity contribution in [3.05, 3.63) is 59.9 Å². The van der Waals surface area contributed by atoms with Gasteiger partial charge in [0, 0.05) is 19.2 Å². The first kappa shape index (κ1) is 20.8. The number of amides is 2. The number of carbonyl (C=O) groups is 2. The maximum atomic E-state index is 13.2. The van der Waals surface area contributed by atoms with E-state index < -0.39 is 5.92 Å². The fourth-order valence-electron chi connectivity index (χ4n) is 3.86. The lowest BCUT2D eigenvalue weighted by Gasteiger charge is -2.29. The minimum atomic E-state index is -0.432. The van der Waals surface area contributed by atoms with Gasteiger partial charge in [-0.2, -0.15) is 0 Å². The van der Waals surface area contributed by atoms with E-state index in [1.54, 1.807) is 13.3 Å². The van der Waals surface area contributed by atoms with Gasteiger partial charge < -0.3 is 15.0 Å². The molecule has 1 N–H and O–H groups in total. The lowest BCUT2D eigenvalue weighted by molar-refractivity contribution is -0.129. The van der Waals surface area contributed by atoms with Gasteiger partial charge in [0.25, 0.3) is 0 Å². The monoisotopic (exact) mass is 395 g/mol. The van der Waals surface area contributed by atoms with Crippen LogP contribution in [0.25, 0.3) is 0 Å². The lowest BCUT2D eigenvalue weighted by Crippen LogP contribution is -2.37. The van der Waals surface area contributed by atoms with Gasteiger partial charge in [0.15, 0.2) is 0 Å². The zero-order valence-corrected chi connectivity index (χ0v) is 17.3. The first-order valence-corrected chi connectivity index (χ1v) is 10.2. The number of benzene rings is 1. The van der Waals surface area contributed by atoms with E-state index in [2.05, 4.69) is 17.2 Å². The van der Waals surface area contributed by atoms with Gasteiger partial charge in [-0.05, 0) is 43.2 Å². The predicted molar refractivity (Wildman–Crippen MR) is 111 cm³/mol. The van der Waals surface area contributed by atoms with Gasteiger partial charge in [-0.3, -0.25) is 14.6 Å². The molecule has 0 saturated carbocycles.